The molecule has 0 bridgehead atoms. The topological polar surface area (TPSA) is 35.5 Å². The van der Waals surface area contributed by atoms with Gasteiger partial charge in [-0.05, 0) is 68.6 Å². The van der Waals surface area contributed by atoms with Crippen molar-refractivity contribution in [2.75, 3.05) is 6.61 Å². The molecular weight excluding hydrogens is 348 g/mol. The molecule has 28 heavy (non-hydrogen) atoms. The van der Waals surface area contributed by atoms with Crippen LogP contribution in [0.15, 0.2) is 24.3 Å². The molecule has 0 radical (unpaired) electrons. The molecule has 1 aromatic carbocycles. The van der Waals surface area contributed by atoms with Crippen LogP contribution >= 0.6 is 0 Å². The lowest BCUT2D eigenvalue weighted by atomic mass is 9.77. The summed E-state index contributed by atoms with van der Waals surface area (Å²) in [6.07, 6.45) is 13.1. The number of unbranched alkanes of at least 4 members (excludes halogenated alkanes) is 3. The van der Waals surface area contributed by atoms with E-state index in [9.17, 15) is 4.79 Å². The highest BCUT2D eigenvalue weighted by Gasteiger charge is 2.22. The monoisotopic (exact) mass is 388 g/mol. The van der Waals surface area contributed by atoms with Gasteiger partial charge in [-0.1, -0.05) is 58.1 Å². The van der Waals surface area contributed by atoms with Gasteiger partial charge in [0, 0.05) is 6.42 Å². The van der Waals surface area contributed by atoms with Gasteiger partial charge in [0.2, 0.25) is 0 Å². The van der Waals surface area contributed by atoms with Crippen LogP contribution in [0.4, 0.5) is 0 Å². The molecule has 2 rings (SSSR count). The molecule has 1 saturated carbocycles. The van der Waals surface area contributed by atoms with Crippen LogP contribution in [-0.4, -0.2) is 18.7 Å². The van der Waals surface area contributed by atoms with E-state index in [2.05, 4.69) is 38.1 Å². The summed E-state index contributed by atoms with van der Waals surface area (Å²) in [6, 6.07) is 8.56. The summed E-state index contributed by atoms with van der Waals surface area (Å²) in [6.45, 7) is 6.64. The Balaban J connectivity index is 1.69. The molecule has 1 aliphatic rings. The number of esters is 1. The highest BCUT2D eigenvalue weighted by atomic mass is 16.6. The van der Waals surface area contributed by atoms with Crippen LogP contribution in [0.2, 0.25) is 0 Å². The van der Waals surface area contributed by atoms with Crippen molar-refractivity contribution >= 4 is 5.97 Å². The summed E-state index contributed by atoms with van der Waals surface area (Å²) >= 11 is 0. The van der Waals surface area contributed by atoms with Crippen molar-refractivity contribution in [3.63, 3.8) is 0 Å². The van der Waals surface area contributed by atoms with Crippen molar-refractivity contribution in [3.8, 4) is 5.75 Å². The van der Waals surface area contributed by atoms with Gasteiger partial charge in [-0.25, -0.2) is 0 Å². The SMILES string of the molecule is CCCCCC1CCC(c2ccc(OCC(C)OC(=O)CCCC)cc2)CC1. The Morgan fingerprint density at radius 2 is 1.68 bits per heavy atom. The zero-order valence-corrected chi connectivity index (χ0v) is 18.3. The minimum absolute atomic E-state index is 0.126. The summed E-state index contributed by atoms with van der Waals surface area (Å²) in [5.74, 6) is 2.38. The van der Waals surface area contributed by atoms with Crippen molar-refractivity contribution in [2.24, 2.45) is 5.92 Å². The van der Waals surface area contributed by atoms with Gasteiger partial charge in [0.05, 0.1) is 0 Å². The molecular formula is C25H40O3. The smallest absolute Gasteiger partial charge is 0.306 e. The third-order valence-corrected chi connectivity index (χ3v) is 5.97. The molecule has 0 heterocycles. The van der Waals surface area contributed by atoms with E-state index in [1.807, 2.05) is 6.92 Å². The molecule has 0 aromatic heterocycles. The predicted octanol–water partition coefficient (Wildman–Crippen LogP) is 7.04. The summed E-state index contributed by atoms with van der Waals surface area (Å²) in [4.78, 5) is 11.7. The van der Waals surface area contributed by atoms with Crippen LogP contribution in [0.5, 0.6) is 5.75 Å². The van der Waals surface area contributed by atoms with Gasteiger partial charge in [0.1, 0.15) is 18.5 Å². The van der Waals surface area contributed by atoms with Gasteiger partial charge in [0.15, 0.2) is 0 Å². The maximum Gasteiger partial charge on any atom is 0.306 e. The van der Waals surface area contributed by atoms with Crippen molar-refractivity contribution in [1.82, 2.24) is 0 Å². The average molecular weight is 389 g/mol. The molecule has 0 N–H and O–H groups in total. The van der Waals surface area contributed by atoms with E-state index in [-0.39, 0.29) is 12.1 Å². The molecule has 0 saturated heterocycles. The first-order valence-corrected chi connectivity index (χ1v) is 11.5. The third kappa shape index (κ3) is 8.24. The lowest BCUT2D eigenvalue weighted by molar-refractivity contribution is -0.149. The summed E-state index contributed by atoms with van der Waals surface area (Å²) < 4.78 is 11.2. The van der Waals surface area contributed by atoms with Crippen molar-refractivity contribution in [3.05, 3.63) is 29.8 Å². The Bertz CT molecular complexity index is 543. The van der Waals surface area contributed by atoms with E-state index in [1.165, 1.54) is 56.9 Å². The molecule has 1 atom stereocenters. The van der Waals surface area contributed by atoms with Crippen LogP contribution < -0.4 is 4.74 Å². The molecule has 1 unspecified atom stereocenters. The summed E-state index contributed by atoms with van der Waals surface area (Å²) in [5.41, 5.74) is 1.44. The second-order valence-corrected chi connectivity index (χ2v) is 8.50. The van der Waals surface area contributed by atoms with E-state index < -0.39 is 0 Å². The second kappa shape index (κ2) is 12.9. The Labute approximate surface area is 172 Å². The van der Waals surface area contributed by atoms with Crippen molar-refractivity contribution in [2.45, 2.75) is 103 Å². The summed E-state index contributed by atoms with van der Waals surface area (Å²) in [7, 11) is 0. The maximum absolute atomic E-state index is 11.7. The molecule has 1 aromatic rings. The Kier molecular flexibility index (Phi) is 10.5. The van der Waals surface area contributed by atoms with Crippen LogP contribution in [-0.2, 0) is 9.53 Å². The number of benzene rings is 1. The van der Waals surface area contributed by atoms with Crippen LogP contribution in [0.25, 0.3) is 0 Å². The number of carbonyl (C=O) groups is 1. The van der Waals surface area contributed by atoms with E-state index in [4.69, 9.17) is 9.47 Å². The van der Waals surface area contributed by atoms with Gasteiger partial charge in [-0.2, -0.15) is 0 Å². The Morgan fingerprint density at radius 1 is 1.00 bits per heavy atom. The maximum atomic E-state index is 11.7. The van der Waals surface area contributed by atoms with Gasteiger partial charge in [-0.15, -0.1) is 0 Å². The molecule has 1 aliphatic carbocycles. The van der Waals surface area contributed by atoms with Crippen LogP contribution in [0.1, 0.15) is 103 Å². The van der Waals surface area contributed by atoms with E-state index in [0.717, 1.165) is 24.5 Å². The van der Waals surface area contributed by atoms with Gasteiger partial charge in [-0.3, -0.25) is 4.79 Å². The second-order valence-electron chi connectivity index (χ2n) is 8.50. The largest absolute Gasteiger partial charge is 0.490 e. The van der Waals surface area contributed by atoms with E-state index >= 15 is 0 Å². The zero-order chi connectivity index (χ0) is 20.2. The Morgan fingerprint density at radius 3 is 2.32 bits per heavy atom. The fourth-order valence-corrected chi connectivity index (χ4v) is 4.16. The van der Waals surface area contributed by atoms with Gasteiger partial charge < -0.3 is 9.47 Å². The number of hydrogen-bond acceptors (Lipinski definition) is 3. The predicted molar refractivity (Wildman–Crippen MR) is 116 cm³/mol. The van der Waals surface area contributed by atoms with Gasteiger partial charge >= 0.3 is 5.97 Å². The number of ether oxygens (including phenoxy) is 2. The minimum Gasteiger partial charge on any atom is -0.490 e. The highest BCUT2D eigenvalue weighted by molar-refractivity contribution is 5.69. The quantitative estimate of drug-likeness (QED) is 0.284. The first kappa shape index (κ1) is 22.8. The lowest BCUT2D eigenvalue weighted by Gasteiger charge is -2.29. The van der Waals surface area contributed by atoms with E-state index in [1.54, 1.807) is 0 Å². The fourth-order valence-electron chi connectivity index (χ4n) is 4.16. The van der Waals surface area contributed by atoms with E-state index in [0.29, 0.717) is 18.9 Å². The molecule has 0 spiro atoms. The standard InChI is InChI=1S/C25H40O3/c1-4-6-8-9-21-11-13-22(14-12-21)23-15-17-24(18-16-23)27-19-20(3)28-25(26)10-7-5-2/h15-18,20-22H,4-14,19H2,1-3H3. The number of rotatable bonds is 12. The van der Waals surface area contributed by atoms with Gasteiger partial charge in [0.25, 0.3) is 0 Å². The Hall–Kier alpha value is -1.51. The number of hydrogen-bond donors (Lipinski definition) is 0. The average Bonchev–Trinajstić information content (AvgIpc) is 2.72. The van der Waals surface area contributed by atoms with Crippen LogP contribution in [0.3, 0.4) is 0 Å². The molecule has 3 heteroatoms. The molecule has 3 nitrogen and oxygen atoms in total. The molecule has 158 valence electrons. The zero-order valence-electron chi connectivity index (χ0n) is 18.3. The minimum atomic E-state index is -0.216. The first-order valence-electron chi connectivity index (χ1n) is 11.5. The fraction of sp³-hybridized carbons (Fsp3) is 0.720. The lowest BCUT2D eigenvalue weighted by Crippen LogP contribution is -2.21. The molecule has 0 aliphatic heterocycles. The highest BCUT2D eigenvalue weighted by Crippen LogP contribution is 2.38. The van der Waals surface area contributed by atoms with Crippen molar-refractivity contribution < 1.29 is 14.3 Å². The van der Waals surface area contributed by atoms with Crippen LogP contribution in [0, 0.1) is 5.92 Å². The first-order chi connectivity index (χ1) is 13.6. The summed E-state index contributed by atoms with van der Waals surface area (Å²) in [5, 5.41) is 0. The third-order valence-electron chi connectivity index (χ3n) is 5.97. The normalized spacial score (nSPS) is 20.5. The molecule has 1 fully saturated rings. The molecule has 0 amide bonds. The van der Waals surface area contributed by atoms with Crippen molar-refractivity contribution in [1.29, 1.82) is 0 Å². The number of carbonyl (C=O) groups excluding carboxylic acids is 1.